The highest BCUT2D eigenvalue weighted by Crippen LogP contribution is 2.32. The topological polar surface area (TPSA) is 37.3 Å². The van der Waals surface area contributed by atoms with Gasteiger partial charge >= 0.3 is 12.2 Å². The molecule has 0 unspecified atom stereocenters. The number of carbonyl (C=O) groups excluding carboxylic acids is 1. The number of urea groups is 1. The van der Waals surface area contributed by atoms with E-state index < -0.39 is 11.7 Å². The molecule has 7 heteroatoms. The van der Waals surface area contributed by atoms with E-state index in [0.29, 0.717) is 25.2 Å². The second-order valence-electron chi connectivity index (χ2n) is 8.19. The summed E-state index contributed by atoms with van der Waals surface area (Å²) in [6.45, 7) is 1.74. The van der Waals surface area contributed by atoms with E-state index in [-0.39, 0.29) is 6.03 Å². The summed E-state index contributed by atoms with van der Waals surface area (Å²) in [4.78, 5) is 14.6. The van der Waals surface area contributed by atoms with Gasteiger partial charge in [-0.3, -0.25) is 0 Å². The minimum atomic E-state index is -4.40. The van der Waals surface area contributed by atoms with Gasteiger partial charge in [0.2, 0.25) is 0 Å². The molecule has 0 radical (unpaired) electrons. The molecule has 0 aliphatic carbocycles. The first-order valence-electron chi connectivity index (χ1n) is 10.8. The zero-order chi connectivity index (χ0) is 23.0. The summed E-state index contributed by atoms with van der Waals surface area (Å²) in [6, 6.07) is 22.6. The van der Waals surface area contributed by atoms with Crippen molar-refractivity contribution in [3.8, 4) is 0 Å². The lowest BCUT2D eigenvalue weighted by molar-refractivity contribution is -0.137. The Morgan fingerprint density at radius 3 is 2.33 bits per heavy atom. The fourth-order valence-corrected chi connectivity index (χ4v) is 4.47. The molecule has 0 spiro atoms. The van der Waals surface area contributed by atoms with Crippen molar-refractivity contribution < 1.29 is 18.0 Å². The first kappa shape index (κ1) is 21.1. The standard InChI is InChI=1S/C26H22F3N3O/c27-26(28,29)19-10-12-20(13-11-19)30-25(33)31-15-14-24-22(17-31)21-8-4-5-9-23(21)32(24)16-18-6-2-1-3-7-18/h1-13H,14-17H2,(H,30,33). The largest absolute Gasteiger partial charge is 0.416 e. The SMILES string of the molecule is O=C(Nc1ccc(C(F)(F)F)cc1)N1CCc2c(c3ccccc3n2Cc2ccccc2)C1. The zero-order valence-corrected chi connectivity index (χ0v) is 17.8. The van der Waals surface area contributed by atoms with Crippen LogP contribution in [0.1, 0.15) is 22.4 Å². The van der Waals surface area contributed by atoms with Crippen LogP contribution < -0.4 is 5.32 Å². The van der Waals surface area contributed by atoms with Gasteiger partial charge in [-0.05, 0) is 35.9 Å². The maximum Gasteiger partial charge on any atom is 0.416 e. The van der Waals surface area contributed by atoms with Gasteiger partial charge in [0.25, 0.3) is 0 Å². The van der Waals surface area contributed by atoms with Crippen LogP contribution >= 0.6 is 0 Å². The highest BCUT2D eigenvalue weighted by atomic mass is 19.4. The summed E-state index contributed by atoms with van der Waals surface area (Å²) in [5, 5.41) is 3.85. The molecule has 168 valence electrons. The number of fused-ring (bicyclic) bond motifs is 3. The van der Waals surface area contributed by atoms with Gasteiger partial charge in [0.05, 0.1) is 5.56 Å². The van der Waals surface area contributed by atoms with Gasteiger partial charge in [0.1, 0.15) is 0 Å². The van der Waals surface area contributed by atoms with E-state index >= 15 is 0 Å². The molecular formula is C26H22F3N3O. The molecule has 4 nitrogen and oxygen atoms in total. The number of amides is 2. The van der Waals surface area contributed by atoms with Crippen LogP contribution in [-0.4, -0.2) is 22.0 Å². The molecule has 5 rings (SSSR count). The predicted octanol–water partition coefficient (Wildman–Crippen LogP) is 6.30. The van der Waals surface area contributed by atoms with E-state index in [9.17, 15) is 18.0 Å². The van der Waals surface area contributed by atoms with Crippen molar-refractivity contribution in [1.82, 2.24) is 9.47 Å². The van der Waals surface area contributed by atoms with Gasteiger partial charge in [-0.1, -0.05) is 48.5 Å². The number of rotatable bonds is 3. The smallest absolute Gasteiger partial charge is 0.340 e. The fraction of sp³-hybridized carbons (Fsp3) is 0.192. The Labute approximate surface area is 189 Å². The Morgan fingerprint density at radius 2 is 1.61 bits per heavy atom. The number of para-hydroxylation sites is 1. The first-order chi connectivity index (χ1) is 15.9. The molecule has 33 heavy (non-hydrogen) atoms. The molecule has 1 aliphatic rings. The lowest BCUT2D eigenvalue weighted by Crippen LogP contribution is -2.39. The van der Waals surface area contributed by atoms with Crippen molar-refractivity contribution in [2.24, 2.45) is 0 Å². The third-order valence-electron chi connectivity index (χ3n) is 6.10. The van der Waals surface area contributed by atoms with E-state index in [1.165, 1.54) is 23.4 Å². The van der Waals surface area contributed by atoms with E-state index in [4.69, 9.17) is 0 Å². The maximum atomic E-state index is 12.9. The van der Waals surface area contributed by atoms with Crippen molar-refractivity contribution in [1.29, 1.82) is 0 Å². The lowest BCUT2D eigenvalue weighted by atomic mass is 10.0. The molecular weight excluding hydrogens is 427 g/mol. The average Bonchev–Trinajstić information content (AvgIpc) is 3.12. The number of nitrogens with one attached hydrogen (secondary N) is 1. The maximum absolute atomic E-state index is 12.9. The van der Waals surface area contributed by atoms with Gasteiger partial charge in [-0.25, -0.2) is 4.79 Å². The number of hydrogen-bond acceptors (Lipinski definition) is 1. The molecule has 0 bridgehead atoms. The van der Waals surface area contributed by atoms with Crippen LogP contribution in [0.5, 0.6) is 0 Å². The molecule has 0 atom stereocenters. The van der Waals surface area contributed by atoms with E-state index in [1.807, 2.05) is 30.3 Å². The van der Waals surface area contributed by atoms with Gasteiger partial charge in [-0.2, -0.15) is 13.2 Å². The van der Waals surface area contributed by atoms with Crippen molar-refractivity contribution in [2.75, 3.05) is 11.9 Å². The van der Waals surface area contributed by atoms with Crippen LogP contribution in [0, 0.1) is 0 Å². The number of carbonyl (C=O) groups is 1. The molecule has 1 N–H and O–H groups in total. The zero-order valence-electron chi connectivity index (χ0n) is 17.8. The molecule has 3 aromatic carbocycles. The van der Waals surface area contributed by atoms with Crippen molar-refractivity contribution in [3.63, 3.8) is 0 Å². The van der Waals surface area contributed by atoms with Gasteiger partial charge in [0, 0.05) is 53.9 Å². The highest BCUT2D eigenvalue weighted by molar-refractivity contribution is 5.91. The Morgan fingerprint density at radius 1 is 0.909 bits per heavy atom. The van der Waals surface area contributed by atoms with E-state index in [2.05, 4.69) is 34.1 Å². The molecule has 4 aromatic rings. The second-order valence-corrected chi connectivity index (χ2v) is 8.19. The minimum absolute atomic E-state index is 0.319. The second kappa shape index (κ2) is 8.31. The number of aromatic nitrogens is 1. The number of alkyl halides is 3. The van der Waals surface area contributed by atoms with E-state index in [0.717, 1.165) is 35.1 Å². The Kier molecular flexibility index (Phi) is 5.32. The van der Waals surface area contributed by atoms with Crippen LogP contribution in [0.4, 0.5) is 23.7 Å². The highest BCUT2D eigenvalue weighted by Gasteiger charge is 2.30. The summed E-state index contributed by atoms with van der Waals surface area (Å²) in [5.74, 6) is 0. The van der Waals surface area contributed by atoms with Crippen molar-refractivity contribution in [3.05, 3.63) is 101 Å². The van der Waals surface area contributed by atoms with Crippen LogP contribution in [0.15, 0.2) is 78.9 Å². The number of benzene rings is 3. The minimum Gasteiger partial charge on any atom is -0.340 e. The molecule has 2 heterocycles. The predicted molar refractivity (Wildman–Crippen MR) is 122 cm³/mol. The summed E-state index contributed by atoms with van der Waals surface area (Å²) < 4.78 is 40.7. The third kappa shape index (κ3) is 4.18. The molecule has 1 aromatic heterocycles. The molecule has 2 amide bonds. The van der Waals surface area contributed by atoms with Gasteiger partial charge < -0.3 is 14.8 Å². The molecule has 1 aliphatic heterocycles. The quantitative estimate of drug-likeness (QED) is 0.392. The third-order valence-corrected chi connectivity index (χ3v) is 6.10. The van der Waals surface area contributed by atoms with Crippen molar-refractivity contribution in [2.45, 2.75) is 25.7 Å². The number of hydrogen-bond donors (Lipinski definition) is 1. The first-order valence-corrected chi connectivity index (χ1v) is 10.8. The lowest BCUT2D eigenvalue weighted by Gasteiger charge is -2.28. The van der Waals surface area contributed by atoms with Crippen LogP contribution in [-0.2, 0) is 25.7 Å². The summed E-state index contributed by atoms with van der Waals surface area (Å²) in [5.41, 5.74) is 4.29. The Balaban J connectivity index is 1.38. The van der Waals surface area contributed by atoms with Crippen LogP contribution in [0.3, 0.4) is 0 Å². The average molecular weight is 449 g/mol. The Hall–Kier alpha value is -3.74. The van der Waals surface area contributed by atoms with Gasteiger partial charge in [0.15, 0.2) is 0 Å². The van der Waals surface area contributed by atoms with Crippen LogP contribution in [0.25, 0.3) is 10.9 Å². The summed E-state index contributed by atoms with van der Waals surface area (Å²) in [7, 11) is 0. The van der Waals surface area contributed by atoms with Crippen molar-refractivity contribution >= 4 is 22.6 Å². The van der Waals surface area contributed by atoms with Gasteiger partial charge in [-0.15, -0.1) is 0 Å². The summed E-state index contributed by atoms with van der Waals surface area (Å²) in [6.07, 6.45) is -3.70. The Bertz CT molecular complexity index is 1290. The molecule has 0 fully saturated rings. The normalized spacial score (nSPS) is 13.7. The number of anilines is 1. The van der Waals surface area contributed by atoms with E-state index in [1.54, 1.807) is 4.90 Å². The molecule has 0 saturated carbocycles. The summed E-state index contributed by atoms with van der Waals surface area (Å²) >= 11 is 0. The number of halogens is 3. The monoisotopic (exact) mass is 449 g/mol. The van der Waals surface area contributed by atoms with Crippen LogP contribution in [0.2, 0.25) is 0 Å². The fourth-order valence-electron chi connectivity index (χ4n) is 4.47. The molecule has 0 saturated heterocycles. The number of nitrogens with zero attached hydrogens (tertiary/aromatic N) is 2.